The summed E-state index contributed by atoms with van der Waals surface area (Å²) in [5, 5.41) is 0. The Hall–Kier alpha value is -2.34. The van der Waals surface area contributed by atoms with Crippen molar-refractivity contribution in [1.82, 2.24) is 9.55 Å². The average Bonchev–Trinajstić information content (AvgIpc) is 2.94. The molecule has 5 nitrogen and oxygen atoms in total. The Labute approximate surface area is 142 Å². The molecule has 0 aliphatic carbocycles. The SMILES string of the molecule is CC(C)c1ccc(S(=O)(=O)N(C)c2ccc3c(c2)ncn3C)cc1. The lowest BCUT2D eigenvalue weighted by atomic mass is 10.0. The molecule has 1 heterocycles. The van der Waals surface area contributed by atoms with Gasteiger partial charge in [-0.1, -0.05) is 26.0 Å². The molecule has 0 radical (unpaired) electrons. The first-order valence-electron chi connectivity index (χ1n) is 7.80. The van der Waals surface area contributed by atoms with Gasteiger partial charge in [-0.3, -0.25) is 4.31 Å². The summed E-state index contributed by atoms with van der Waals surface area (Å²) in [7, 11) is -0.124. The van der Waals surface area contributed by atoms with E-state index in [4.69, 9.17) is 0 Å². The fraction of sp³-hybridized carbons (Fsp3) is 0.278. The molecule has 0 fully saturated rings. The molecule has 0 aliphatic heterocycles. The van der Waals surface area contributed by atoms with E-state index >= 15 is 0 Å². The standard InChI is InChI=1S/C18H21N3O2S/c1-13(2)14-5-8-16(9-6-14)24(22,23)21(4)15-7-10-18-17(11-15)19-12-20(18)3/h5-13H,1-4H3. The third-order valence-electron chi connectivity index (χ3n) is 4.28. The summed E-state index contributed by atoms with van der Waals surface area (Å²) in [4.78, 5) is 4.58. The second-order valence-electron chi connectivity index (χ2n) is 6.22. The van der Waals surface area contributed by atoms with Gasteiger partial charge in [0.25, 0.3) is 10.0 Å². The van der Waals surface area contributed by atoms with Crippen LogP contribution in [0.3, 0.4) is 0 Å². The number of hydrogen-bond acceptors (Lipinski definition) is 3. The molecule has 2 aromatic carbocycles. The number of anilines is 1. The van der Waals surface area contributed by atoms with Crippen molar-refractivity contribution in [2.45, 2.75) is 24.7 Å². The van der Waals surface area contributed by atoms with Gasteiger partial charge in [0.15, 0.2) is 0 Å². The molecule has 3 rings (SSSR count). The molecular formula is C18H21N3O2S. The fourth-order valence-electron chi connectivity index (χ4n) is 2.64. The van der Waals surface area contributed by atoms with Crippen LogP contribution in [0.5, 0.6) is 0 Å². The van der Waals surface area contributed by atoms with Crippen molar-refractivity contribution >= 4 is 26.7 Å². The monoisotopic (exact) mass is 343 g/mol. The topological polar surface area (TPSA) is 55.2 Å². The van der Waals surface area contributed by atoms with Crippen LogP contribution in [0.2, 0.25) is 0 Å². The quantitative estimate of drug-likeness (QED) is 0.728. The maximum atomic E-state index is 12.9. The van der Waals surface area contributed by atoms with E-state index in [1.54, 1.807) is 37.6 Å². The average molecular weight is 343 g/mol. The van der Waals surface area contributed by atoms with E-state index in [1.807, 2.05) is 29.8 Å². The summed E-state index contributed by atoms with van der Waals surface area (Å²) in [5.41, 5.74) is 3.44. The molecule has 0 saturated heterocycles. The Kier molecular flexibility index (Phi) is 4.09. The number of aromatic nitrogens is 2. The highest BCUT2D eigenvalue weighted by molar-refractivity contribution is 7.92. The molecular weight excluding hydrogens is 322 g/mol. The lowest BCUT2D eigenvalue weighted by molar-refractivity contribution is 0.594. The van der Waals surface area contributed by atoms with Crippen LogP contribution in [0.1, 0.15) is 25.3 Å². The van der Waals surface area contributed by atoms with Gasteiger partial charge in [-0.15, -0.1) is 0 Å². The number of fused-ring (bicyclic) bond motifs is 1. The number of hydrogen-bond donors (Lipinski definition) is 0. The lowest BCUT2D eigenvalue weighted by Gasteiger charge is -2.20. The van der Waals surface area contributed by atoms with E-state index in [1.165, 1.54) is 4.31 Å². The van der Waals surface area contributed by atoms with E-state index in [0.717, 1.165) is 16.6 Å². The van der Waals surface area contributed by atoms with Gasteiger partial charge in [0.05, 0.1) is 27.9 Å². The van der Waals surface area contributed by atoms with Crippen LogP contribution < -0.4 is 4.31 Å². The van der Waals surface area contributed by atoms with Crippen LogP contribution in [-0.2, 0) is 17.1 Å². The van der Waals surface area contributed by atoms with E-state index < -0.39 is 10.0 Å². The van der Waals surface area contributed by atoms with Gasteiger partial charge in [-0.05, 0) is 41.8 Å². The molecule has 24 heavy (non-hydrogen) atoms. The Bertz CT molecular complexity index is 973. The molecule has 0 unspecified atom stereocenters. The van der Waals surface area contributed by atoms with Crippen LogP contribution in [0.4, 0.5) is 5.69 Å². The van der Waals surface area contributed by atoms with E-state index in [0.29, 0.717) is 11.6 Å². The summed E-state index contributed by atoms with van der Waals surface area (Å²) in [6.07, 6.45) is 1.72. The van der Waals surface area contributed by atoms with Crippen molar-refractivity contribution in [3.8, 4) is 0 Å². The van der Waals surface area contributed by atoms with Gasteiger partial charge in [0.1, 0.15) is 0 Å². The van der Waals surface area contributed by atoms with Crippen molar-refractivity contribution < 1.29 is 8.42 Å². The van der Waals surface area contributed by atoms with Crippen LogP contribution in [0.25, 0.3) is 11.0 Å². The molecule has 0 amide bonds. The zero-order valence-corrected chi connectivity index (χ0v) is 15.1. The van der Waals surface area contributed by atoms with Gasteiger partial charge < -0.3 is 4.57 Å². The van der Waals surface area contributed by atoms with Crippen molar-refractivity contribution in [1.29, 1.82) is 0 Å². The number of benzene rings is 2. The summed E-state index contributed by atoms with van der Waals surface area (Å²) >= 11 is 0. The third-order valence-corrected chi connectivity index (χ3v) is 6.08. The van der Waals surface area contributed by atoms with Crippen LogP contribution >= 0.6 is 0 Å². The summed E-state index contributed by atoms with van der Waals surface area (Å²) in [5.74, 6) is 0.367. The smallest absolute Gasteiger partial charge is 0.264 e. The predicted molar refractivity (Wildman–Crippen MR) is 96.8 cm³/mol. The van der Waals surface area contributed by atoms with Gasteiger partial charge in [0.2, 0.25) is 0 Å². The molecule has 1 aromatic heterocycles. The van der Waals surface area contributed by atoms with E-state index in [9.17, 15) is 8.42 Å². The zero-order valence-electron chi connectivity index (χ0n) is 14.3. The molecule has 6 heteroatoms. The molecule has 0 bridgehead atoms. The van der Waals surface area contributed by atoms with Gasteiger partial charge >= 0.3 is 0 Å². The summed E-state index contributed by atoms with van der Waals surface area (Å²) in [6, 6.07) is 12.5. The van der Waals surface area contributed by atoms with Crippen molar-refractivity contribution in [2.75, 3.05) is 11.4 Å². The molecule has 0 aliphatic rings. The van der Waals surface area contributed by atoms with Gasteiger partial charge in [-0.2, -0.15) is 0 Å². The first kappa shape index (κ1) is 16.5. The minimum atomic E-state index is -3.60. The van der Waals surface area contributed by atoms with E-state index in [-0.39, 0.29) is 4.90 Å². The predicted octanol–water partition coefficient (Wildman–Crippen LogP) is 3.52. The highest BCUT2D eigenvalue weighted by Gasteiger charge is 2.22. The molecule has 0 spiro atoms. The first-order chi connectivity index (χ1) is 11.3. The van der Waals surface area contributed by atoms with Crippen LogP contribution in [0.15, 0.2) is 53.7 Å². The Morgan fingerprint density at radius 3 is 2.38 bits per heavy atom. The second-order valence-corrected chi connectivity index (χ2v) is 8.19. The number of nitrogens with zero attached hydrogens (tertiary/aromatic N) is 3. The molecule has 126 valence electrons. The summed E-state index contributed by atoms with van der Waals surface area (Å²) in [6.45, 7) is 4.16. The van der Waals surface area contributed by atoms with Gasteiger partial charge in [-0.25, -0.2) is 13.4 Å². The number of aryl methyl sites for hydroxylation is 1. The number of rotatable bonds is 4. The second kappa shape index (κ2) is 5.94. The minimum absolute atomic E-state index is 0.288. The molecule has 0 N–H and O–H groups in total. The normalized spacial score (nSPS) is 12.0. The summed E-state index contributed by atoms with van der Waals surface area (Å²) < 4.78 is 28.9. The Balaban J connectivity index is 1.97. The number of imidazole rings is 1. The first-order valence-corrected chi connectivity index (χ1v) is 9.24. The largest absolute Gasteiger partial charge is 0.334 e. The maximum Gasteiger partial charge on any atom is 0.264 e. The minimum Gasteiger partial charge on any atom is -0.334 e. The van der Waals surface area contributed by atoms with Crippen molar-refractivity contribution in [2.24, 2.45) is 7.05 Å². The third kappa shape index (κ3) is 2.78. The molecule has 3 aromatic rings. The Morgan fingerprint density at radius 1 is 1.08 bits per heavy atom. The zero-order chi connectivity index (χ0) is 17.5. The Morgan fingerprint density at radius 2 is 1.75 bits per heavy atom. The number of sulfonamides is 1. The van der Waals surface area contributed by atoms with Crippen LogP contribution in [-0.4, -0.2) is 25.0 Å². The van der Waals surface area contributed by atoms with E-state index in [2.05, 4.69) is 18.8 Å². The lowest BCUT2D eigenvalue weighted by Crippen LogP contribution is -2.26. The van der Waals surface area contributed by atoms with Crippen molar-refractivity contribution in [3.63, 3.8) is 0 Å². The molecule has 0 atom stereocenters. The van der Waals surface area contributed by atoms with Gasteiger partial charge in [0, 0.05) is 14.1 Å². The van der Waals surface area contributed by atoms with Crippen molar-refractivity contribution in [3.05, 3.63) is 54.4 Å². The fourth-order valence-corrected chi connectivity index (χ4v) is 3.83. The van der Waals surface area contributed by atoms with Crippen LogP contribution in [0, 0.1) is 0 Å². The maximum absolute atomic E-state index is 12.9. The molecule has 0 saturated carbocycles. The highest BCUT2D eigenvalue weighted by Crippen LogP contribution is 2.26. The highest BCUT2D eigenvalue weighted by atomic mass is 32.2.